The van der Waals surface area contributed by atoms with Crippen LogP contribution in [0.15, 0.2) is 53.4 Å². The molecular weight excluding hydrogens is 417 g/mol. The molecule has 2 aromatic carbocycles. The number of rotatable bonds is 5. The lowest BCUT2D eigenvalue weighted by atomic mass is 10.3. The number of carbonyl (C=O) groups excluding carboxylic acids is 1. The summed E-state index contributed by atoms with van der Waals surface area (Å²) in [6.07, 6.45) is 1.12. The fourth-order valence-electron chi connectivity index (χ4n) is 1.71. The van der Waals surface area contributed by atoms with Gasteiger partial charge in [0.25, 0.3) is 5.91 Å². The lowest BCUT2D eigenvalue weighted by molar-refractivity contribution is -0.118. The van der Waals surface area contributed by atoms with E-state index in [2.05, 4.69) is 27.9 Å². The molecule has 1 N–H and O–H groups in total. The van der Waals surface area contributed by atoms with Crippen molar-refractivity contribution in [1.29, 1.82) is 0 Å². The van der Waals surface area contributed by atoms with Crippen molar-refractivity contribution in [3.8, 4) is 5.75 Å². The maximum atomic E-state index is 11.8. The maximum absolute atomic E-state index is 11.8. The van der Waals surface area contributed by atoms with Gasteiger partial charge in [-0.05, 0) is 59.0 Å². The van der Waals surface area contributed by atoms with Crippen LogP contribution in [-0.4, -0.2) is 27.2 Å². The minimum atomic E-state index is -3.30. The number of anilines is 1. The molecule has 0 saturated carbocycles. The second-order valence-electron chi connectivity index (χ2n) is 4.59. The van der Waals surface area contributed by atoms with Crippen molar-refractivity contribution in [2.24, 2.45) is 0 Å². The first kappa shape index (κ1) is 16.8. The summed E-state index contributed by atoms with van der Waals surface area (Å²) in [5.41, 5.74) is 0.686. The summed E-state index contributed by atoms with van der Waals surface area (Å²) in [6, 6.07) is 13.4. The van der Waals surface area contributed by atoms with Crippen molar-refractivity contribution in [3.05, 3.63) is 52.1 Å². The highest BCUT2D eigenvalue weighted by Crippen LogP contribution is 2.17. The Hall–Kier alpha value is -1.61. The Labute approximate surface area is 142 Å². The molecule has 116 valence electrons. The molecule has 0 saturated heterocycles. The van der Waals surface area contributed by atoms with Crippen molar-refractivity contribution in [2.45, 2.75) is 4.90 Å². The van der Waals surface area contributed by atoms with Gasteiger partial charge >= 0.3 is 0 Å². The number of hydrogen-bond acceptors (Lipinski definition) is 4. The third-order valence-corrected chi connectivity index (χ3v) is 4.49. The summed E-state index contributed by atoms with van der Waals surface area (Å²) >= 11 is 2.15. The summed E-state index contributed by atoms with van der Waals surface area (Å²) in [4.78, 5) is 12.0. The maximum Gasteiger partial charge on any atom is 0.262 e. The average molecular weight is 431 g/mol. The van der Waals surface area contributed by atoms with E-state index >= 15 is 0 Å². The summed E-state index contributed by atoms with van der Waals surface area (Å²) < 4.78 is 29.3. The van der Waals surface area contributed by atoms with E-state index in [0.717, 1.165) is 9.83 Å². The number of halogens is 1. The van der Waals surface area contributed by atoms with Gasteiger partial charge in [0.05, 0.1) is 4.90 Å². The van der Waals surface area contributed by atoms with Crippen LogP contribution in [0.3, 0.4) is 0 Å². The van der Waals surface area contributed by atoms with Crippen molar-refractivity contribution in [2.75, 3.05) is 18.2 Å². The van der Waals surface area contributed by atoms with Crippen LogP contribution in [0.1, 0.15) is 0 Å². The Morgan fingerprint density at radius 1 is 1.18 bits per heavy atom. The van der Waals surface area contributed by atoms with E-state index in [1.807, 2.05) is 18.2 Å². The van der Waals surface area contributed by atoms with Gasteiger partial charge in [-0.15, -0.1) is 0 Å². The molecule has 0 aliphatic heterocycles. The summed E-state index contributed by atoms with van der Waals surface area (Å²) in [5, 5.41) is 2.71. The Morgan fingerprint density at radius 2 is 1.91 bits per heavy atom. The predicted octanol–water partition coefficient (Wildman–Crippen LogP) is 2.71. The van der Waals surface area contributed by atoms with E-state index in [0.29, 0.717) is 11.4 Å². The summed E-state index contributed by atoms with van der Waals surface area (Å²) in [7, 11) is -3.30. The van der Waals surface area contributed by atoms with Gasteiger partial charge < -0.3 is 10.1 Å². The summed E-state index contributed by atoms with van der Waals surface area (Å²) in [5.74, 6) is 0.0208. The van der Waals surface area contributed by atoms with Crippen molar-refractivity contribution < 1.29 is 17.9 Å². The van der Waals surface area contributed by atoms with Crippen molar-refractivity contribution >= 4 is 44.0 Å². The molecule has 2 rings (SSSR count). The zero-order chi connectivity index (χ0) is 16.2. The molecule has 0 bridgehead atoms. The van der Waals surface area contributed by atoms with Gasteiger partial charge in [-0.25, -0.2) is 8.42 Å². The summed E-state index contributed by atoms with van der Waals surface area (Å²) in [6.45, 7) is -0.196. The van der Waals surface area contributed by atoms with Gasteiger partial charge in [0.15, 0.2) is 16.4 Å². The van der Waals surface area contributed by atoms with Crippen molar-refractivity contribution in [3.63, 3.8) is 0 Å². The number of hydrogen-bond donors (Lipinski definition) is 1. The minimum Gasteiger partial charge on any atom is -0.484 e. The molecule has 0 fully saturated rings. The molecule has 0 heterocycles. The fourth-order valence-corrected chi connectivity index (χ4v) is 2.91. The highest BCUT2D eigenvalue weighted by Gasteiger charge is 2.09. The van der Waals surface area contributed by atoms with Crippen LogP contribution in [0.2, 0.25) is 0 Å². The van der Waals surface area contributed by atoms with Gasteiger partial charge in [-0.2, -0.15) is 0 Å². The van der Waals surface area contributed by atoms with E-state index in [4.69, 9.17) is 4.74 Å². The highest BCUT2D eigenvalue weighted by atomic mass is 127. The molecule has 0 aliphatic carbocycles. The molecule has 22 heavy (non-hydrogen) atoms. The predicted molar refractivity (Wildman–Crippen MR) is 92.8 cm³/mol. The molecule has 0 aliphatic rings. The number of nitrogens with one attached hydrogen (secondary N) is 1. The number of amides is 1. The Kier molecular flexibility index (Phi) is 5.41. The molecule has 0 aromatic heterocycles. The normalized spacial score (nSPS) is 11.0. The lowest BCUT2D eigenvalue weighted by Crippen LogP contribution is -2.20. The van der Waals surface area contributed by atoms with Gasteiger partial charge in [0, 0.05) is 15.5 Å². The van der Waals surface area contributed by atoms with E-state index in [1.54, 1.807) is 18.2 Å². The van der Waals surface area contributed by atoms with E-state index in [9.17, 15) is 13.2 Å². The molecule has 7 heteroatoms. The van der Waals surface area contributed by atoms with E-state index < -0.39 is 9.84 Å². The van der Waals surface area contributed by atoms with Crippen LogP contribution in [-0.2, 0) is 14.6 Å². The third kappa shape index (κ3) is 4.99. The molecule has 0 atom stereocenters. The number of sulfone groups is 1. The van der Waals surface area contributed by atoms with Gasteiger partial charge in [0.1, 0.15) is 5.75 Å². The first-order chi connectivity index (χ1) is 10.3. The SMILES string of the molecule is CS(=O)(=O)c1cccc(OCC(=O)Nc2cccc(I)c2)c1. The number of carbonyl (C=O) groups is 1. The molecule has 1 amide bonds. The van der Waals surface area contributed by atoms with Crippen molar-refractivity contribution in [1.82, 2.24) is 0 Å². The standard InChI is InChI=1S/C15H14INO4S/c1-22(19,20)14-7-3-6-13(9-14)21-10-15(18)17-12-5-2-4-11(16)8-12/h2-9H,10H2,1H3,(H,17,18). The lowest BCUT2D eigenvalue weighted by Gasteiger charge is -2.08. The molecule has 2 aromatic rings. The first-order valence-electron chi connectivity index (χ1n) is 6.33. The monoisotopic (exact) mass is 431 g/mol. The van der Waals surface area contributed by atoms with E-state index in [-0.39, 0.29) is 17.4 Å². The fraction of sp³-hybridized carbons (Fsp3) is 0.133. The molecule has 0 spiro atoms. The third-order valence-electron chi connectivity index (χ3n) is 2.71. The molecular formula is C15H14INO4S. The molecule has 0 radical (unpaired) electrons. The van der Waals surface area contributed by atoms with Crippen LogP contribution in [0, 0.1) is 3.57 Å². The van der Waals surface area contributed by atoms with Gasteiger partial charge in [-0.3, -0.25) is 4.79 Å². The molecule has 0 unspecified atom stereocenters. The molecule has 5 nitrogen and oxygen atoms in total. The minimum absolute atomic E-state index is 0.156. The highest BCUT2D eigenvalue weighted by molar-refractivity contribution is 14.1. The van der Waals surface area contributed by atoms with Crippen LogP contribution in [0.5, 0.6) is 5.75 Å². The van der Waals surface area contributed by atoms with Crippen LogP contribution >= 0.6 is 22.6 Å². The van der Waals surface area contributed by atoms with Gasteiger partial charge in [0.2, 0.25) is 0 Å². The second-order valence-corrected chi connectivity index (χ2v) is 7.86. The second kappa shape index (κ2) is 7.10. The topological polar surface area (TPSA) is 72.5 Å². The Morgan fingerprint density at radius 3 is 2.59 bits per heavy atom. The zero-order valence-corrected chi connectivity index (χ0v) is 14.7. The van der Waals surface area contributed by atoms with Crippen LogP contribution < -0.4 is 10.1 Å². The largest absolute Gasteiger partial charge is 0.484 e. The van der Waals surface area contributed by atoms with Crippen LogP contribution in [0.25, 0.3) is 0 Å². The first-order valence-corrected chi connectivity index (χ1v) is 9.30. The Bertz CT molecular complexity index is 790. The number of benzene rings is 2. The zero-order valence-electron chi connectivity index (χ0n) is 11.7. The van der Waals surface area contributed by atoms with Gasteiger partial charge in [-0.1, -0.05) is 12.1 Å². The smallest absolute Gasteiger partial charge is 0.262 e. The Balaban J connectivity index is 1.97. The van der Waals surface area contributed by atoms with E-state index in [1.165, 1.54) is 12.1 Å². The number of ether oxygens (including phenoxy) is 1. The van der Waals surface area contributed by atoms with Crippen LogP contribution in [0.4, 0.5) is 5.69 Å². The quantitative estimate of drug-likeness (QED) is 0.740. The average Bonchev–Trinajstić information content (AvgIpc) is 2.45.